The van der Waals surface area contributed by atoms with E-state index in [1.165, 1.54) is 0 Å². The van der Waals surface area contributed by atoms with Gasteiger partial charge in [-0.25, -0.2) is 0 Å². The summed E-state index contributed by atoms with van der Waals surface area (Å²) in [5.74, 6) is 0. The molecule has 1 aliphatic rings. The molecule has 0 aromatic heterocycles. The van der Waals surface area contributed by atoms with Crippen LogP contribution in [0.4, 0.5) is 0 Å². The third kappa shape index (κ3) is 8.60. The lowest BCUT2D eigenvalue weighted by molar-refractivity contribution is 0.0452. The highest BCUT2D eigenvalue weighted by Crippen LogP contribution is 2.12. The van der Waals surface area contributed by atoms with Crippen molar-refractivity contribution in [2.75, 3.05) is 13.2 Å². The van der Waals surface area contributed by atoms with Crippen LogP contribution in [0.1, 0.15) is 33.6 Å². The van der Waals surface area contributed by atoms with Gasteiger partial charge in [0.15, 0.2) is 0 Å². The summed E-state index contributed by atoms with van der Waals surface area (Å²) < 4.78 is 11.0. The molecule has 21 heavy (non-hydrogen) atoms. The van der Waals surface area contributed by atoms with Crippen LogP contribution < -0.4 is 5.32 Å². The lowest BCUT2D eigenvalue weighted by Gasteiger charge is -2.20. The van der Waals surface area contributed by atoms with Gasteiger partial charge in [-0.3, -0.25) is 10.3 Å². The number of epoxide rings is 1. The van der Waals surface area contributed by atoms with Gasteiger partial charge in [0.25, 0.3) is 0 Å². The summed E-state index contributed by atoms with van der Waals surface area (Å²) >= 11 is 0. The first-order valence-electron chi connectivity index (χ1n) is 7.64. The molecular weight excluding hydrogens is 264 g/mol. The molecule has 1 saturated heterocycles. The standard InChI is InChI=1S/C17H28N2O2/c1-5-8-14(4)19-17(18-7-3)21-12-15(9-6-2)10-11-16-13-20-16/h5,7,9-11,14,16-17,19H,1,6,8,12-13H2,2-4H3. The van der Waals surface area contributed by atoms with E-state index in [0.717, 1.165) is 25.0 Å². The van der Waals surface area contributed by atoms with E-state index in [-0.39, 0.29) is 12.4 Å². The van der Waals surface area contributed by atoms with E-state index in [0.29, 0.717) is 12.7 Å². The summed E-state index contributed by atoms with van der Waals surface area (Å²) in [6, 6.07) is 0.283. The van der Waals surface area contributed by atoms with Gasteiger partial charge >= 0.3 is 0 Å². The summed E-state index contributed by atoms with van der Waals surface area (Å²) in [6.45, 7) is 11.2. The average molecular weight is 292 g/mol. The van der Waals surface area contributed by atoms with Crippen molar-refractivity contribution in [3.05, 3.63) is 36.5 Å². The van der Waals surface area contributed by atoms with Gasteiger partial charge in [-0.1, -0.05) is 31.2 Å². The van der Waals surface area contributed by atoms with Crippen LogP contribution in [0.3, 0.4) is 0 Å². The van der Waals surface area contributed by atoms with E-state index in [1.54, 1.807) is 6.21 Å². The number of nitrogens with zero attached hydrogens (tertiary/aromatic N) is 1. The number of ether oxygens (including phenoxy) is 2. The minimum Gasteiger partial charge on any atom is -0.369 e. The molecule has 0 aromatic rings. The predicted octanol–water partition coefficient (Wildman–Crippen LogP) is 3.22. The molecule has 0 saturated carbocycles. The van der Waals surface area contributed by atoms with Crippen LogP contribution >= 0.6 is 0 Å². The molecule has 0 aromatic carbocycles. The quantitative estimate of drug-likeness (QED) is 0.209. The fourth-order valence-corrected chi connectivity index (χ4v) is 1.84. The number of nitrogens with one attached hydrogen (secondary N) is 1. The van der Waals surface area contributed by atoms with Crippen LogP contribution in [0.25, 0.3) is 0 Å². The van der Waals surface area contributed by atoms with Crippen LogP contribution in [-0.2, 0) is 9.47 Å². The second-order valence-electron chi connectivity index (χ2n) is 5.08. The molecule has 4 heteroatoms. The Morgan fingerprint density at radius 3 is 2.90 bits per heavy atom. The molecule has 1 aliphatic heterocycles. The highest BCUT2D eigenvalue weighted by molar-refractivity contribution is 5.53. The van der Waals surface area contributed by atoms with Crippen molar-refractivity contribution in [2.24, 2.45) is 4.99 Å². The van der Waals surface area contributed by atoms with Crippen molar-refractivity contribution in [3.8, 4) is 0 Å². The van der Waals surface area contributed by atoms with Crippen LogP contribution in [0, 0.1) is 0 Å². The number of hydrogen-bond acceptors (Lipinski definition) is 4. The van der Waals surface area contributed by atoms with Gasteiger partial charge < -0.3 is 9.47 Å². The Labute approximate surface area is 128 Å². The maximum atomic E-state index is 5.86. The summed E-state index contributed by atoms with van der Waals surface area (Å²) in [7, 11) is 0. The molecule has 0 bridgehead atoms. The van der Waals surface area contributed by atoms with Gasteiger partial charge in [-0.2, -0.15) is 0 Å². The number of hydrogen-bond donors (Lipinski definition) is 1. The van der Waals surface area contributed by atoms with Crippen molar-refractivity contribution in [1.29, 1.82) is 0 Å². The summed E-state index contributed by atoms with van der Waals surface area (Å²) in [5, 5.41) is 3.33. The second kappa shape index (κ2) is 10.5. The molecule has 0 aliphatic carbocycles. The van der Waals surface area contributed by atoms with Gasteiger partial charge in [0.1, 0.15) is 0 Å². The van der Waals surface area contributed by atoms with E-state index in [2.05, 4.69) is 49.0 Å². The first-order valence-corrected chi connectivity index (χ1v) is 7.64. The van der Waals surface area contributed by atoms with E-state index in [9.17, 15) is 0 Å². The average Bonchev–Trinajstić information content (AvgIpc) is 3.26. The van der Waals surface area contributed by atoms with Crippen molar-refractivity contribution in [3.63, 3.8) is 0 Å². The Morgan fingerprint density at radius 2 is 2.33 bits per heavy atom. The van der Waals surface area contributed by atoms with Gasteiger partial charge in [0.05, 0.1) is 19.3 Å². The monoisotopic (exact) mass is 292 g/mol. The molecular formula is C17H28N2O2. The van der Waals surface area contributed by atoms with Crippen LogP contribution in [-0.4, -0.2) is 37.9 Å². The lowest BCUT2D eigenvalue weighted by atomic mass is 10.2. The van der Waals surface area contributed by atoms with Crippen LogP contribution in [0.5, 0.6) is 0 Å². The summed E-state index contributed by atoms with van der Waals surface area (Å²) in [4.78, 5) is 4.32. The minimum atomic E-state index is -0.323. The summed E-state index contributed by atoms with van der Waals surface area (Å²) in [5.41, 5.74) is 1.16. The molecule has 0 spiro atoms. The minimum absolute atomic E-state index is 0.283. The first-order chi connectivity index (χ1) is 10.2. The van der Waals surface area contributed by atoms with Gasteiger partial charge in [0, 0.05) is 12.3 Å². The zero-order valence-corrected chi connectivity index (χ0v) is 13.4. The first kappa shape index (κ1) is 17.8. The predicted molar refractivity (Wildman–Crippen MR) is 88.6 cm³/mol. The normalized spacial score (nSPS) is 21.9. The van der Waals surface area contributed by atoms with Crippen LogP contribution in [0.15, 0.2) is 41.4 Å². The third-order valence-electron chi connectivity index (χ3n) is 2.99. The maximum absolute atomic E-state index is 5.86. The smallest absolute Gasteiger partial charge is 0.204 e. The van der Waals surface area contributed by atoms with Crippen molar-refractivity contribution in [1.82, 2.24) is 5.32 Å². The highest BCUT2D eigenvalue weighted by Gasteiger charge is 2.18. The Morgan fingerprint density at radius 1 is 1.57 bits per heavy atom. The highest BCUT2D eigenvalue weighted by atomic mass is 16.6. The van der Waals surface area contributed by atoms with Gasteiger partial charge in [-0.05, 0) is 32.3 Å². The Kier molecular flexibility index (Phi) is 8.90. The van der Waals surface area contributed by atoms with E-state index in [1.807, 2.05) is 13.0 Å². The molecule has 1 fully saturated rings. The Hall–Kier alpha value is -1.23. The number of rotatable bonds is 11. The fourth-order valence-electron chi connectivity index (χ4n) is 1.84. The van der Waals surface area contributed by atoms with Crippen molar-refractivity contribution < 1.29 is 9.47 Å². The fraction of sp³-hybridized carbons (Fsp3) is 0.588. The molecule has 4 nitrogen and oxygen atoms in total. The number of aliphatic imine (C=N–C) groups is 1. The third-order valence-corrected chi connectivity index (χ3v) is 2.99. The van der Waals surface area contributed by atoms with E-state index >= 15 is 0 Å². The van der Waals surface area contributed by atoms with Gasteiger partial charge in [0.2, 0.25) is 6.35 Å². The Balaban J connectivity index is 2.47. The molecule has 118 valence electrons. The van der Waals surface area contributed by atoms with Crippen LogP contribution in [0.2, 0.25) is 0 Å². The molecule has 3 unspecified atom stereocenters. The molecule has 3 atom stereocenters. The molecule has 1 heterocycles. The van der Waals surface area contributed by atoms with Gasteiger partial charge in [-0.15, -0.1) is 6.58 Å². The van der Waals surface area contributed by atoms with E-state index < -0.39 is 0 Å². The molecule has 1 rings (SSSR count). The molecule has 1 N–H and O–H groups in total. The number of allylic oxidation sites excluding steroid dienone is 1. The topological polar surface area (TPSA) is 46.2 Å². The van der Waals surface area contributed by atoms with E-state index in [4.69, 9.17) is 9.47 Å². The molecule has 0 radical (unpaired) electrons. The molecule has 0 amide bonds. The van der Waals surface area contributed by atoms with Crippen molar-refractivity contribution in [2.45, 2.75) is 52.1 Å². The Bertz CT molecular complexity index is 384. The van der Waals surface area contributed by atoms with Crippen molar-refractivity contribution >= 4 is 6.21 Å². The SMILES string of the molecule is C=CCC(C)NC(N=CC)OCC(C=CC1CO1)=CCC. The second-order valence-corrected chi connectivity index (χ2v) is 5.08. The lowest BCUT2D eigenvalue weighted by Crippen LogP contribution is -2.37. The maximum Gasteiger partial charge on any atom is 0.204 e. The zero-order valence-electron chi connectivity index (χ0n) is 13.4. The zero-order chi connectivity index (χ0) is 15.5. The largest absolute Gasteiger partial charge is 0.369 e. The summed E-state index contributed by atoms with van der Waals surface area (Å²) in [6.07, 6.45) is 11.8.